The standard InChI is InChI=1S/C14H16N4O4/c1-8-5-12(22-17-8)14(20)18-3-4-21-7-11(18)10-6-13(19)16-9(2)15-10/h5-6,11H,3-4,7H2,1-2H3,(H,15,16,19)/t11-/m0/s1. The second-order valence-corrected chi connectivity index (χ2v) is 5.18. The molecule has 1 saturated heterocycles. The Labute approximate surface area is 126 Å². The zero-order chi connectivity index (χ0) is 15.7. The van der Waals surface area contributed by atoms with E-state index in [9.17, 15) is 9.59 Å². The van der Waals surface area contributed by atoms with Crippen molar-refractivity contribution in [2.45, 2.75) is 19.9 Å². The SMILES string of the molecule is Cc1cc(C(=O)N2CCOC[C@H]2c2cc(=O)[nH]c(C)n2)on1. The molecule has 0 unspecified atom stereocenters. The third-order valence-corrected chi connectivity index (χ3v) is 3.45. The number of H-pyrrole nitrogens is 1. The highest BCUT2D eigenvalue weighted by Crippen LogP contribution is 2.24. The second-order valence-electron chi connectivity index (χ2n) is 5.18. The molecule has 1 N–H and O–H groups in total. The summed E-state index contributed by atoms with van der Waals surface area (Å²) in [6.07, 6.45) is 0. The minimum Gasteiger partial charge on any atom is -0.377 e. The number of hydrogen-bond donors (Lipinski definition) is 1. The minimum absolute atomic E-state index is 0.172. The van der Waals surface area contributed by atoms with Crippen molar-refractivity contribution in [3.8, 4) is 0 Å². The number of ether oxygens (including phenoxy) is 1. The van der Waals surface area contributed by atoms with Crippen molar-refractivity contribution in [2.24, 2.45) is 0 Å². The quantitative estimate of drug-likeness (QED) is 0.871. The van der Waals surface area contributed by atoms with Crippen LogP contribution in [0, 0.1) is 13.8 Å². The number of carbonyl (C=O) groups is 1. The number of nitrogens with one attached hydrogen (secondary N) is 1. The topological polar surface area (TPSA) is 101 Å². The van der Waals surface area contributed by atoms with Crippen LogP contribution in [-0.2, 0) is 4.74 Å². The van der Waals surface area contributed by atoms with Crippen LogP contribution in [0.25, 0.3) is 0 Å². The molecule has 1 aliphatic rings. The van der Waals surface area contributed by atoms with Crippen LogP contribution < -0.4 is 5.56 Å². The summed E-state index contributed by atoms with van der Waals surface area (Å²) in [5, 5.41) is 3.73. The lowest BCUT2D eigenvalue weighted by Gasteiger charge is -2.34. The number of rotatable bonds is 2. The molecule has 116 valence electrons. The van der Waals surface area contributed by atoms with Crippen LogP contribution in [0.1, 0.15) is 33.8 Å². The van der Waals surface area contributed by atoms with E-state index in [2.05, 4.69) is 15.1 Å². The van der Waals surface area contributed by atoms with Crippen molar-refractivity contribution in [1.29, 1.82) is 0 Å². The first-order valence-corrected chi connectivity index (χ1v) is 6.94. The maximum atomic E-state index is 12.6. The van der Waals surface area contributed by atoms with Gasteiger partial charge in [0.25, 0.3) is 11.5 Å². The monoisotopic (exact) mass is 304 g/mol. The smallest absolute Gasteiger partial charge is 0.293 e. The first-order chi connectivity index (χ1) is 10.5. The zero-order valence-corrected chi connectivity index (χ0v) is 12.3. The van der Waals surface area contributed by atoms with Crippen molar-refractivity contribution in [3.05, 3.63) is 45.5 Å². The molecule has 0 bridgehead atoms. The van der Waals surface area contributed by atoms with Gasteiger partial charge < -0.3 is 19.1 Å². The summed E-state index contributed by atoms with van der Waals surface area (Å²) < 4.78 is 10.5. The molecule has 3 rings (SSSR count). The van der Waals surface area contributed by atoms with Crippen LogP contribution in [0.4, 0.5) is 0 Å². The van der Waals surface area contributed by atoms with Crippen molar-refractivity contribution in [3.63, 3.8) is 0 Å². The van der Waals surface area contributed by atoms with Gasteiger partial charge in [-0.05, 0) is 13.8 Å². The molecular weight excluding hydrogens is 288 g/mol. The molecule has 0 aromatic carbocycles. The fraction of sp³-hybridized carbons (Fsp3) is 0.429. The predicted octanol–water partition coefficient (Wildman–Crippen LogP) is 0.588. The van der Waals surface area contributed by atoms with Crippen molar-refractivity contribution < 1.29 is 14.1 Å². The van der Waals surface area contributed by atoms with E-state index in [4.69, 9.17) is 9.26 Å². The summed E-state index contributed by atoms with van der Waals surface area (Å²) in [6, 6.07) is 2.55. The van der Waals surface area contributed by atoms with Gasteiger partial charge in [-0.1, -0.05) is 5.16 Å². The Bertz CT molecular complexity index is 751. The summed E-state index contributed by atoms with van der Waals surface area (Å²) in [6.45, 7) is 4.56. The van der Waals surface area contributed by atoms with Crippen molar-refractivity contribution in [2.75, 3.05) is 19.8 Å². The first kappa shape index (κ1) is 14.5. The number of amides is 1. The Morgan fingerprint density at radius 2 is 2.23 bits per heavy atom. The van der Waals surface area contributed by atoms with Crippen LogP contribution in [-0.4, -0.2) is 45.7 Å². The molecule has 0 spiro atoms. The fourth-order valence-corrected chi connectivity index (χ4v) is 2.47. The molecule has 1 amide bonds. The van der Waals surface area contributed by atoms with Gasteiger partial charge in [-0.25, -0.2) is 4.98 Å². The lowest BCUT2D eigenvalue weighted by atomic mass is 10.1. The Hall–Kier alpha value is -2.48. The summed E-state index contributed by atoms with van der Waals surface area (Å²) in [5.74, 6) is 0.385. The zero-order valence-electron chi connectivity index (χ0n) is 12.3. The molecule has 1 atom stereocenters. The summed E-state index contributed by atoms with van der Waals surface area (Å²) in [4.78, 5) is 32.7. The van der Waals surface area contributed by atoms with E-state index in [1.807, 2.05) is 0 Å². The van der Waals surface area contributed by atoms with Gasteiger partial charge in [-0.15, -0.1) is 0 Å². The second kappa shape index (κ2) is 5.72. The van der Waals surface area contributed by atoms with Gasteiger partial charge in [0.05, 0.1) is 30.6 Å². The van der Waals surface area contributed by atoms with Gasteiger partial charge in [0, 0.05) is 18.7 Å². The number of aryl methyl sites for hydroxylation is 2. The Balaban J connectivity index is 1.94. The molecule has 3 heterocycles. The van der Waals surface area contributed by atoms with E-state index in [0.29, 0.717) is 30.4 Å². The van der Waals surface area contributed by atoms with E-state index in [-0.39, 0.29) is 23.8 Å². The molecule has 2 aromatic rings. The number of nitrogens with zero attached hydrogens (tertiary/aromatic N) is 3. The van der Waals surface area contributed by atoms with Gasteiger partial charge in [0.1, 0.15) is 5.82 Å². The Morgan fingerprint density at radius 1 is 1.41 bits per heavy atom. The third kappa shape index (κ3) is 2.77. The van der Waals surface area contributed by atoms with Gasteiger partial charge in [0.2, 0.25) is 5.76 Å². The van der Waals surface area contributed by atoms with Crippen molar-refractivity contribution >= 4 is 5.91 Å². The molecule has 8 heteroatoms. The van der Waals surface area contributed by atoms with Gasteiger partial charge in [0.15, 0.2) is 0 Å². The highest BCUT2D eigenvalue weighted by Gasteiger charge is 2.32. The van der Waals surface area contributed by atoms with Gasteiger partial charge >= 0.3 is 0 Å². The van der Waals surface area contributed by atoms with E-state index in [1.54, 1.807) is 24.8 Å². The molecule has 0 radical (unpaired) electrons. The van der Waals surface area contributed by atoms with Crippen LogP contribution in [0.3, 0.4) is 0 Å². The highest BCUT2D eigenvalue weighted by molar-refractivity contribution is 5.91. The largest absolute Gasteiger partial charge is 0.377 e. The molecule has 0 saturated carbocycles. The molecular formula is C14H16N4O4. The maximum Gasteiger partial charge on any atom is 0.293 e. The summed E-state index contributed by atoms with van der Waals surface area (Å²) in [7, 11) is 0. The Morgan fingerprint density at radius 3 is 2.91 bits per heavy atom. The molecule has 0 aliphatic carbocycles. The molecule has 1 fully saturated rings. The van der Waals surface area contributed by atoms with Crippen LogP contribution in [0.15, 0.2) is 21.5 Å². The number of aromatic nitrogens is 3. The van der Waals surface area contributed by atoms with Crippen LogP contribution in [0.5, 0.6) is 0 Å². The van der Waals surface area contributed by atoms with E-state index >= 15 is 0 Å². The van der Waals surface area contributed by atoms with E-state index in [1.165, 1.54) is 6.07 Å². The average molecular weight is 304 g/mol. The number of aromatic amines is 1. The normalized spacial score (nSPS) is 18.5. The number of hydrogen-bond acceptors (Lipinski definition) is 6. The number of morpholine rings is 1. The molecule has 22 heavy (non-hydrogen) atoms. The van der Waals surface area contributed by atoms with Gasteiger partial charge in [-0.2, -0.15) is 0 Å². The average Bonchev–Trinajstić information content (AvgIpc) is 2.92. The lowest BCUT2D eigenvalue weighted by molar-refractivity contribution is -0.00594. The molecule has 1 aliphatic heterocycles. The molecule has 8 nitrogen and oxygen atoms in total. The predicted molar refractivity (Wildman–Crippen MR) is 75.4 cm³/mol. The molecule has 2 aromatic heterocycles. The first-order valence-electron chi connectivity index (χ1n) is 6.94. The maximum absolute atomic E-state index is 12.6. The number of carbonyl (C=O) groups excluding carboxylic acids is 1. The van der Waals surface area contributed by atoms with E-state index < -0.39 is 6.04 Å². The van der Waals surface area contributed by atoms with Crippen LogP contribution >= 0.6 is 0 Å². The highest BCUT2D eigenvalue weighted by atomic mass is 16.5. The minimum atomic E-state index is -0.423. The summed E-state index contributed by atoms with van der Waals surface area (Å²) >= 11 is 0. The third-order valence-electron chi connectivity index (χ3n) is 3.45. The van der Waals surface area contributed by atoms with Crippen molar-refractivity contribution in [1.82, 2.24) is 20.0 Å². The van der Waals surface area contributed by atoms with Gasteiger partial charge in [-0.3, -0.25) is 9.59 Å². The lowest BCUT2D eigenvalue weighted by Crippen LogP contribution is -2.44. The Kier molecular flexibility index (Phi) is 3.76. The fourth-order valence-electron chi connectivity index (χ4n) is 2.47. The van der Waals surface area contributed by atoms with E-state index in [0.717, 1.165) is 0 Å². The van der Waals surface area contributed by atoms with Crippen LogP contribution in [0.2, 0.25) is 0 Å². The summed E-state index contributed by atoms with van der Waals surface area (Å²) in [5.41, 5.74) is 0.889.